The number of hydrogen-bond donors (Lipinski definition) is 0. The molecule has 1 heterocycles. The summed E-state index contributed by atoms with van der Waals surface area (Å²) in [5, 5.41) is 0. The van der Waals surface area contributed by atoms with Crippen LogP contribution in [0, 0.1) is 0 Å². The number of ether oxygens (including phenoxy) is 6. The van der Waals surface area contributed by atoms with Crippen molar-refractivity contribution in [2.24, 2.45) is 0 Å². The first-order chi connectivity index (χ1) is 13.2. The first-order valence-corrected chi connectivity index (χ1v) is 8.46. The zero-order valence-electron chi connectivity index (χ0n) is 16.5. The second-order valence-corrected chi connectivity index (χ2v) is 6.57. The summed E-state index contributed by atoms with van der Waals surface area (Å²) in [4.78, 5) is 38.2. The molecule has 0 amide bonds. The molecule has 0 spiro atoms. The quantitative estimate of drug-likeness (QED) is 0.379. The van der Waals surface area contributed by atoms with E-state index < -0.39 is 41.5 Å². The number of carbonyl (C=O) groups excluding carboxylic acids is 3. The van der Waals surface area contributed by atoms with Gasteiger partial charge < -0.3 is 28.4 Å². The molecule has 1 atom stereocenters. The summed E-state index contributed by atoms with van der Waals surface area (Å²) in [5.41, 5.74) is -4.04. The fourth-order valence-corrected chi connectivity index (χ4v) is 3.17. The third-order valence-electron chi connectivity index (χ3n) is 4.27. The van der Waals surface area contributed by atoms with Crippen molar-refractivity contribution in [3.05, 3.63) is 35.9 Å². The number of rotatable bonds is 7. The Bertz CT molecular complexity index is 712. The second-order valence-electron chi connectivity index (χ2n) is 6.57. The SMILES string of the molecule is COC(=O)C1(COCc2ccccc2)OC(C)(C)OC1(C(=O)OC)C(=O)OC. The Labute approximate surface area is 162 Å². The summed E-state index contributed by atoms with van der Waals surface area (Å²) in [6.45, 7) is 2.44. The van der Waals surface area contributed by atoms with Crippen LogP contribution in [0.3, 0.4) is 0 Å². The van der Waals surface area contributed by atoms with E-state index in [1.54, 1.807) is 0 Å². The zero-order valence-corrected chi connectivity index (χ0v) is 16.5. The molecule has 9 nitrogen and oxygen atoms in total. The molecule has 1 aliphatic rings. The van der Waals surface area contributed by atoms with Gasteiger partial charge in [0, 0.05) is 0 Å². The molecular formula is C19H24O9. The smallest absolute Gasteiger partial charge is 0.354 e. The third-order valence-corrected chi connectivity index (χ3v) is 4.27. The maximum atomic E-state index is 12.8. The van der Waals surface area contributed by atoms with Crippen LogP contribution < -0.4 is 0 Å². The summed E-state index contributed by atoms with van der Waals surface area (Å²) < 4.78 is 31.4. The van der Waals surface area contributed by atoms with Gasteiger partial charge in [0.15, 0.2) is 5.79 Å². The van der Waals surface area contributed by atoms with Gasteiger partial charge in [-0.1, -0.05) is 30.3 Å². The number of benzene rings is 1. The Morgan fingerprint density at radius 2 is 1.39 bits per heavy atom. The number of carbonyl (C=O) groups is 3. The molecule has 1 aromatic rings. The lowest BCUT2D eigenvalue weighted by atomic mass is 9.82. The summed E-state index contributed by atoms with van der Waals surface area (Å²) in [6, 6.07) is 9.11. The van der Waals surface area contributed by atoms with E-state index in [2.05, 4.69) is 0 Å². The number of hydrogen-bond acceptors (Lipinski definition) is 9. The second kappa shape index (κ2) is 8.26. The van der Waals surface area contributed by atoms with Crippen LogP contribution in [0.15, 0.2) is 30.3 Å². The standard InChI is InChI=1S/C19H24O9/c1-17(2)27-18(14(20)23-3,12-26-11-13-9-7-6-8-10-13)19(28-17,15(21)24-4)16(22)25-5/h6-10H,11-12H2,1-5H3. The minimum Gasteiger partial charge on any atom is -0.467 e. The fourth-order valence-electron chi connectivity index (χ4n) is 3.17. The molecule has 0 radical (unpaired) electrons. The predicted octanol–water partition coefficient (Wildman–Crippen LogP) is 0.983. The third kappa shape index (κ3) is 3.60. The largest absolute Gasteiger partial charge is 0.467 e. The van der Waals surface area contributed by atoms with Crippen molar-refractivity contribution in [2.45, 2.75) is 37.4 Å². The van der Waals surface area contributed by atoms with Crippen molar-refractivity contribution in [1.82, 2.24) is 0 Å². The van der Waals surface area contributed by atoms with Gasteiger partial charge in [-0.15, -0.1) is 0 Å². The van der Waals surface area contributed by atoms with E-state index in [1.807, 2.05) is 30.3 Å². The molecule has 0 N–H and O–H groups in total. The summed E-state index contributed by atoms with van der Waals surface area (Å²) in [6.07, 6.45) is 0. The first kappa shape index (κ1) is 21.8. The van der Waals surface area contributed by atoms with Gasteiger partial charge in [-0.25, -0.2) is 14.4 Å². The molecule has 1 aromatic carbocycles. The normalized spacial score (nSPS) is 22.3. The van der Waals surface area contributed by atoms with Crippen molar-refractivity contribution in [3.63, 3.8) is 0 Å². The molecule has 9 heteroatoms. The number of methoxy groups -OCH3 is 3. The average molecular weight is 396 g/mol. The molecule has 28 heavy (non-hydrogen) atoms. The lowest BCUT2D eigenvalue weighted by Gasteiger charge is -2.35. The van der Waals surface area contributed by atoms with Gasteiger partial charge in [0.05, 0.1) is 34.5 Å². The van der Waals surface area contributed by atoms with E-state index in [9.17, 15) is 14.4 Å². The molecule has 0 aromatic heterocycles. The average Bonchev–Trinajstić information content (AvgIpc) is 2.95. The van der Waals surface area contributed by atoms with E-state index in [0.29, 0.717) is 0 Å². The van der Waals surface area contributed by atoms with Crippen molar-refractivity contribution < 1.29 is 42.8 Å². The highest BCUT2D eigenvalue weighted by atomic mass is 16.8. The van der Waals surface area contributed by atoms with Gasteiger partial charge in [0.1, 0.15) is 0 Å². The van der Waals surface area contributed by atoms with Crippen LogP contribution in [0.1, 0.15) is 19.4 Å². The lowest BCUT2D eigenvalue weighted by molar-refractivity contribution is -0.203. The minimum atomic E-state index is -2.57. The van der Waals surface area contributed by atoms with E-state index in [4.69, 9.17) is 28.4 Å². The predicted molar refractivity (Wildman–Crippen MR) is 93.9 cm³/mol. The minimum absolute atomic E-state index is 0.0851. The monoisotopic (exact) mass is 396 g/mol. The van der Waals surface area contributed by atoms with Crippen LogP contribution in [-0.2, 0) is 49.4 Å². The van der Waals surface area contributed by atoms with Crippen LogP contribution >= 0.6 is 0 Å². The van der Waals surface area contributed by atoms with E-state index in [1.165, 1.54) is 13.8 Å². The zero-order chi connectivity index (χ0) is 21.0. The molecular weight excluding hydrogens is 372 g/mol. The Morgan fingerprint density at radius 3 is 1.89 bits per heavy atom. The first-order valence-electron chi connectivity index (χ1n) is 8.46. The lowest BCUT2D eigenvalue weighted by Crippen LogP contribution is -2.69. The van der Waals surface area contributed by atoms with E-state index in [-0.39, 0.29) is 6.61 Å². The fraction of sp³-hybridized carbons (Fsp3) is 0.526. The molecule has 1 aliphatic heterocycles. The molecule has 1 fully saturated rings. The van der Waals surface area contributed by atoms with Crippen molar-refractivity contribution in [1.29, 1.82) is 0 Å². The van der Waals surface area contributed by atoms with Gasteiger partial charge in [-0.05, 0) is 19.4 Å². The molecule has 1 saturated heterocycles. The highest BCUT2D eigenvalue weighted by Gasteiger charge is 2.78. The van der Waals surface area contributed by atoms with Gasteiger partial charge in [0.25, 0.3) is 0 Å². The molecule has 0 aliphatic carbocycles. The molecule has 154 valence electrons. The van der Waals surface area contributed by atoms with Crippen LogP contribution in [0.2, 0.25) is 0 Å². The molecule has 1 unspecified atom stereocenters. The maximum absolute atomic E-state index is 12.8. The van der Waals surface area contributed by atoms with Crippen LogP contribution in [-0.4, -0.2) is 62.8 Å². The van der Waals surface area contributed by atoms with Crippen LogP contribution in [0.25, 0.3) is 0 Å². The van der Waals surface area contributed by atoms with Crippen molar-refractivity contribution in [2.75, 3.05) is 27.9 Å². The van der Waals surface area contributed by atoms with E-state index in [0.717, 1.165) is 26.9 Å². The van der Waals surface area contributed by atoms with Gasteiger partial charge in [0.2, 0.25) is 5.60 Å². The Hall–Kier alpha value is -2.49. The molecule has 0 bridgehead atoms. The van der Waals surface area contributed by atoms with Gasteiger partial charge >= 0.3 is 23.5 Å². The summed E-state index contributed by atoms with van der Waals surface area (Å²) in [7, 11) is 3.19. The highest BCUT2D eigenvalue weighted by Crippen LogP contribution is 2.47. The van der Waals surface area contributed by atoms with Gasteiger partial charge in [-0.3, -0.25) is 0 Å². The van der Waals surface area contributed by atoms with Crippen LogP contribution in [0.4, 0.5) is 0 Å². The molecule has 2 rings (SSSR count). The van der Waals surface area contributed by atoms with Crippen LogP contribution in [0.5, 0.6) is 0 Å². The van der Waals surface area contributed by atoms with Gasteiger partial charge in [-0.2, -0.15) is 0 Å². The Balaban J connectivity index is 2.50. The maximum Gasteiger partial charge on any atom is 0.354 e. The van der Waals surface area contributed by atoms with Crippen molar-refractivity contribution in [3.8, 4) is 0 Å². The van der Waals surface area contributed by atoms with E-state index >= 15 is 0 Å². The molecule has 0 saturated carbocycles. The topological polar surface area (TPSA) is 107 Å². The Morgan fingerprint density at radius 1 is 0.857 bits per heavy atom. The van der Waals surface area contributed by atoms with Crippen molar-refractivity contribution >= 4 is 17.9 Å². The Kier molecular flexibility index (Phi) is 6.43. The summed E-state index contributed by atoms with van der Waals surface area (Å²) in [5.74, 6) is -4.90. The highest BCUT2D eigenvalue weighted by molar-refractivity contribution is 6.11. The summed E-state index contributed by atoms with van der Waals surface area (Å²) >= 11 is 0. The number of esters is 3.